The van der Waals surface area contributed by atoms with Crippen LogP contribution in [0.4, 0.5) is 20.2 Å². The molecular formula is C26H20F2N2O2. The van der Waals surface area contributed by atoms with Crippen LogP contribution < -0.4 is 9.80 Å². The number of imide groups is 1. The summed E-state index contributed by atoms with van der Waals surface area (Å²) in [5.41, 5.74) is 4.73. The summed E-state index contributed by atoms with van der Waals surface area (Å²) < 4.78 is 28.1. The average molecular weight is 430 g/mol. The zero-order valence-electron chi connectivity index (χ0n) is 17.7. The lowest BCUT2D eigenvalue weighted by atomic mass is 9.99. The van der Waals surface area contributed by atoms with Crippen molar-refractivity contribution in [2.24, 2.45) is 0 Å². The molecule has 2 aliphatic heterocycles. The molecule has 2 aliphatic rings. The van der Waals surface area contributed by atoms with Gasteiger partial charge in [0.25, 0.3) is 11.8 Å². The van der Waals surface area contributed by atoms with E-state index in [1.165, 1.54) is 0 Å². The first-order valence-corrected chi connectivity index (χ1v) is 10.4. The van der Waals surface area contributed by atoms with Gasteiger partial charge in [-0.3, -0.25) is 9.59 Å². The van der Waals surface area contributed by atoms with Crippen LogP contribution >= 0.6 is 0 Å². The van der Waals surface area contributed by atoms with E-state index in [0.717, 1.165) is 45.8 Å². The first-order chi connectivity index (χ1) is 15.4. The number of nitrogens with zero attached hydrogens (tertiary/aromatic N) is 2. The highest BCUT2D eigenvalue weighted by Crippen LogP contribution is 2.40. The molecule has 0 atom stereocenters. The Morgan fingerprint density at radius 2 is 1.59 bits per heavy atom. The molecule has 3 aromatic carbocycles. The Hall–Kier alpha value is -3.80. The average Bonchev–Trinajstić information content (AvgIpc) is 3.29. The van der Waals surface area contributed by atoms with Gasteiger partial charge in [0.15, 0.2) is 0 Å². The summed E-state index contributed by atoms with van der Waals surface area (Å²) in [6, 6.07) is 16.1. The molecule has 0 N–H and O–H groups in total. The summed E-state index contributed by atoms with van der Waals surface area (Å²) in [5.74, 6) is -2.98. The predicted molar refractivity (Wildman–Crippen MR) is 119 cm³/mol. The van der Waals surface area contributed by atoms with E-state index in [-0.39, 0.29) is 17.0 Å². The number of fused-ring (bicyclic) bond motifs is 1. The lowest BCUT2D eigenvalue weighted by Crippen LogP contribution is -2.35. The molecule has 0 aromatic heterocycles. The molecule has 3 aromatic rings. The Balaban J connectivity index is 1.71. The van der Waals surface area contributed by atoms with Crippen molar-refractivity contribution >= 4 is 28.8 Å². The van der Waals surface area contributed by atoms with E-state index in [0.29, 0.717) is 18.2 Å². The summed E-state index contributed by atoms with van der Waals surface area (Å²) in [7, 11) is 0. The van der Waals surface area contributed by atoms with Gasteiger partial charge in [0, 0.05) is 18.3 Å². The number of anilines is 2. The molecule has 2 amide bonds. The lowest BCUT2D eigenvalue weighted by Gasteiger charge is -2.22. The van der Waals surface area contributed by atoms with E-state index in [2.05, 4.69) is 0 Å². The van der Waals surface area contributed by atoms with Crippen molar-refractivity contribution in [2.75, 3.05) is 16.3 Å². The molecule has 4 nitrogen and oxygen atoms in total. The van der Waals surface area contributed by atoms with Crippen molar-refractivity contribution < 1.29 is 18.4 Å². The van der Waals surface area contributed by atoms with E-state index in [9.17, 15) is 18.4 Å². The Kier molecular flexibility index (Phi) is 4.66. The smallest absolute Gasteiger partial charge is 0.282 e. The molecule has 0 radical (unpaired) electrons. The second kappa shape index (κ2) is 7.41. The number of halogens is 2. The van der Waals surface area contributed by atoms with Crippen molar-refractivity contribution in [3.8, 4) is 0 Å². The maximum Gasteiger partial charge on any atom is 0.282 e. The maximum absolute atomic E-state index is 14.6. The molecule has 6 heteroatoms. The Bertz CT molecular complexity index is 1330. The number of carbonyl (C=O) groups is 2. The zero-order chi connectivity index (χ0) is 22.6. The van der Waals surface area contributed by atoms with Crippen molar-refractivity contribution in [2.45, 2.75) is 20.3 Å². The number of benzene rings is 3. The van der Waals surface area contributed by atoms with Gasteiger partial charge in [-0.1, -0.05) is 36.4 Å². The molecule has 5 rings (SSSR count). The van der Waals surface area contributed by atoms with Crippen LogP contribution in [0.15, 0.2) is 66.4 Å². The van der Waals surface area contributed by atoms with Crippen LogP contribution in [0.25, 0.3) is 5.57 Å². The fourth-order valence-corrected chi connectivity index (χ4v) is 4.38. The molecular weight excluding hydrogens is 410 g/mol. The molecule has 0 bridgehead atoms. The topological polar surface area (TPSA) is 40.6 Å². The first kappa shape index (κ1) is 20.1. The first-order valence-electron chi connectivity index (χ1n) is 10.4. The highest BCUT2D eigenvalue weighted by molar-refractivity contribution is 6.46. The van der Waals surface area contributed by atoms with Crippen LogP contribution in [0.1, 0.15) is 22.3 Å². The molecule has 160 valence electrons. The minimum absolute atomic E-state index is 0.215. The molecule has 0 saturated heterocycles. The van der Waals surface area contributed by atoms with Crippen LogP contribution in [0.3, 0.4) is 0 Å². The summed E-state index contributed by atoms with van der Waals surface area (Å²) in [5, 5.41) is 0. The van der Waals surface area contributed by atoms with Gasteiger partial charge >= 0.3 is 0 Å². The number of aryl methyl sites for hydroxylation is 2. The predicted octanol–water partition coefficient (Wildman–Crippen LogP) is 4.93. The second-order valence-corrected chi connectivity index (χ2v) is 8.09. The largest absolute Gasteiger partial charge is 0.336 e. The third-order valence-corrected chi connectivity index (χ3v) is 6.16. The fourth-order valence-electron chi connectivity index (χ4n) is 4.38. The summed E-state index contributed by atoms with van der Waals surface area (Å²) >= 11 is 0. The molecule has 0 unspecified atom stereocenters. The van der Waals surface area contributed by atoms with E-state index in [1.54, 1.807) is 6.07 Å². The molecule has 0 saturated carbocycles. The van der Waals surface area contributed by atoms with E-state index >= 15 is 0 Å². The van der Waals surface area contributed by atoms with Gasteiger partial charge in [-0.05, 0) is 60.7 Å². The van der Waals surface area contributed by atoms with Crippen LogP contribution in [0.5, 0.6) is 0 Å². The van der Waals surface area contributed by atoms with Gasteiger partial charge in [0.1, 0.15) is 17.3 Å². The third-order valence-electron chi connectivity index (χ3n) is 6.16. The second-order valence-electron chi connectivity index (χ2n) is 8.09. The third kappa shape index (κ3) is 3.02. The minimum Gasteiger partial charge on any atom is -0.336 e. The minimum atomic E-state index is -0.964. The highest BCUT2D eigenvalue weighted by Gasteiger charge is 2.45. The van der Waals surface area contributed by atoms with Crippen LogP contribution in [0, 0.1) is 25.5 Å². The van der Waals surface area contributed by atoms with Gasteiger partial charge in [-0.25, -0.2) is 13.7 Å². The summed E-state index contributed by atoms with van der Waals surface area (Å²) in [4.78, 5) is 29.9. The van der Waals surface area contributed by atoms with Crippen molar-refractivity contribution in [3.05, 3.63) is 100 Å². The van der Waals surface area contributed by atoms with Gasteiger partial charge in [0.05, 0.1) is 11.3 Å². The zero-order valence-corrected chi connectivity index (χ0v) is 17.7. The number of hydrogen-bond acceptors (Lipinski definition) is 3. The SMILES string of the molecule is Cc1ccc(C2=C(N3CCc4ccccc43)C(=O)N(c3ccc(F)cc3F)C2=O)cc1C. The Morgan fingerprint density at radius 3 is 2.34 bits per heavy atom. The number of rotatable bonds is 3. The van der Waals surface area contributed by atoms with Crippen molar-refractivity contribution in [3.63, 3.8) is 0 Å². The van der Waals surface area contributed by atoms with E-state index in [1.807, 2.05) is 55.1 Å². The van der Waals surface area contributed by atoms with Crippen molar-refractivity contribution in [1.82, 2.24) is 0 Å². The number of hydrogen-bond donors (Lipinski definition) is 0. The van der Waals surface area contributed by atoms with Gasteiger partial charge in [0.2, 0.25) is 0 Å². The molecule has 0 aliphatic carbocycles. The number of carbonyl (C=O) groups excluding carboxylic acids is 2. The van der Waals surface area contributed by atoms with E-state index in [4.69, 9.17) is 0 Å². The Morgan fingerprint density at radius 1 is 0.812 bits per heavy atom. The molecule has 0 fully saturated rings. The van der Waals surface area contributed by atoms with Gasteiger partial charge in [-0.15, -0.1) is 0 Å². The van der Waals surface area contributed by atoms with Gasteiger partial charge in [-0.2, -0.15) is 0 Å². The molecule has 0 spiro atoms. The normalized spacial score (nSPS) is 15.8. The lowest BCUT2D eigenvalue weighted by molar-refractivity contribution is -0.120. The fraction of sp³-hybridized carbons (Fsp3) is 0.154. The number of para-hydroxylation sites is 1. The monoisotopic (exact) mass is 430 g/mol. The standard InChI is InChI=1S/C26H20F2N2O2/c1-15-7-8-18(13-16(15)2)23-24(29-12-11-17-5-3-4-6-21(17)29)26(32)30(25(23)31)22-10-9-19(27)14-20(22)28/h3-10,13-14H,11-12H2,1-2H3. The maximum atomic E-state index is 14.6. The summed E-state index contributed by atoms with van der Waals surface area (Å²) in [6.45, 7) is 4.43. The van der Waals surface area contributed by atoms with Gasteiger partial charge < -0.3 is 4.90 Å². The van der Waals surface area contributed by atoms with Crippen LogP contribution in [0.2, 0.25) is 0 Å². The number of amides is 2. The summed E-state index contributed by atoms with van der Waals surface area (Å²) in [6.07, 6.45) is 0.728. The van der Waals surface area contributed by atoms with Crippen LogP contribution in [-0.2, 0) is 16.0 Å². The van der Waals surface area contributed by atoms with Crippen LogP contribution in [-0.4, -0.2) is 18.4 Å². The molecule has 32 heavy (non-hydrogen) atoms. The molecule has 2 heterocycles. The highest BCUT2D eigenvalue weighted by atomic mass is 19.1. The van der Waals surface area contributed by atoms with E-state index < -0.39 is 23.4 Å². The quantitative estimate of drug-likeness (QED) is 0.554. The Labute approximate surface area is 184 Å². The van der Waals surface area contributed by atoms with Crippen molar-refractivity contribution in [1.29, 1.82) is 0 Å².